The van der Waals surface area contributed by atoms with Gasteiger partial charge in [-0.1, -0.05) is 6.07 Å². The summed E-state index contributed by atoms with van der Waals surface area (Å²) >= 11 is 0. The predicted molar refractivity (Wildman–Crippen MR) is 76.8 cm³/mol. The molecule has 3 rings (SSSR count). The van der Waals surface area contributed by atoms with Crippen LogP contribution < -0.4 is 10.6 Å². The molecule has 0 aliphatic carbocycles. The second-order valence-electron chi connectivity index (χ2n) is 5.53. The predicted octanol–water partition coefficient (Wildman–Crippen LogP) is 1.01. The Hall–Kier alpha value is -2.04. The number of piperidine rings is 1. The molecule has 2 N–H and O–H groups in total. The Morgan fingerprint density at radius 3 is 3.05 bits per heavy atom. The van der Waals surface area contributed by atoms with E-state index in [1.807, 2.05) is 18.2 Å². The zero-order chi connectivity index (χ0) is 14.1. The zero-order valence-corrected chi connectivity index (χ0v) is 11.6. The first-order valence-electron chi connectivity index (χ1n) is 7.05. The van der Waals surface area contributed by atoms with Gasteiger partial charge in [0, 0.05) is 43.9 Å². The van der Waals surface area contributed by atoms with E-state index in [2.05, 4.69) is 10.6 Å². The van der Waals surface area contributed by atoms with Crippen molar-refractivity contribution in [2.75, 3.05) is 25.5 Å². The molecule has 0 saturated carbocycles. The van der Waals surface area contributed by atoms with E-state index in [9.17, 15) is 9.59 Å². The molecule has 5 nitrogen and oxygen atoms in total. The van der Waals surface area contributed by atoms with Crippen molar-refractivity contribution < 1.29 is 9.59 Å². The van der Waals surface area contributed by atoms with Crippen molar-refractivity contribution in [1.82, 2.24) is 10.2 Å². The number of likely N-dealkylation sites (N-methyl/N-ethyl adjacent to an activating group) is 1. The zero-order valence-electron chi connectivity index (χ0n) is 11.6. The molecule has 106 valence electrons. The number of carbonyl (C=O) groups excluding carboxylic acids is 2. The molecule has 1 atom stereocenters. The van der Waals surface area contributed by atoms with Crippen molar-refractivity contribution in [3.63, 3.8) is 0 Å². The second kappa shape index (κ2) is 5.15. The molecule has 1 unspecified atom stereocenters. The van der Waals surface area contributed by atoms with Crippen LogP contribution in [-0.4, -0.2) is 42.9 Å². The summed E-state index contributed by atoms with van der Waals surface area (Å²) in [6, 6.07) is 5.85. The molecule has 2 aliphatic rings. The van der Waals surface area contributed by atoms with Gasteiger partial charge < -0.3 is 15.5 Å². The van der Waals surface area contributed by atoms with Crippen molar-refractivity contribution in [2.45, 2.75) is 25.3 Å². The van der Waals surface area contributed by atoms with E-state index in [-0.39, 0.29) is 17.9 Å². The fourth-order valence-electron chi connectivity index (χ4n) is 2.83. The number of anilines is 1. The SMILES string of the molecule is CN1CC(NC(=O)c2ccc3c(c2)NCC3)CCC1=O. The van der Waals surface area contributed by atoms with E-state index in [1.165, 1.54) is 5.56 Å². The summed E-state index contributed by atoms with van der Waals surface area (Å²) in [6.45, 7) is 1.53. The number of fused-ring (bicyclic) bond motifs is 1. The van der Waals surface area contributed by atoms with Crippen molar-refractivity contribution in [2.24, 2.45) is 0 Å². The highest BCUT2D eigenvalue weighted by Crippen LogP contribution is 2.23. The summed E-state index contributed by atoms with van der Waals surface area (Å²) in [7, 11) is 1.78. The van der Waals surface area contributed by atoms with E-state index >= 15 is 0 Å². The number of carbonyl (C=O) groups is 2. The number of likely N-dealkylation sites (tertiary alicyclic amines) is 1. The molecule has 0 radical (unpaired) electrons. The maximum absolute atomic E-state index is 12.3. The number of nitrogens with one attached hydrogen (secondary N) is 2. The first kappa shape index (κ1) is 13.0. The van der Waals surface area contributed by atoms with Crippen LogP contribution in [0.2, 0.25) is 0 Å². The number of rotatable bonds is 2. The quantitative estimate of drug-likeness (QED) is 0.845. The van der Waals surface area contributed by atoms with Crippen molar-refractivity contribution in [3.8, 4) is 0 Å². The highest BCUT2D eigenvalue weighted by atomic mass is 16.2. The van der Waals surface area contributed by atoms with Gasteiger partial charge >= 0.3 is 0 Å². The molecule has 2 aliphatic heterocycles. The molecule has 5 heteroatoms. The van der Waals surface area contributed by atoms with E-state index in [0.29, 0.717) is 18.5 Å². The Morgan fingerprint density at radius 1 is 1.40 bits per heavy atom. The highest BCUT2D eigenvalue weighted by Gasteiger charge is 2.24. The van der Waals surface area contributed by atoms with Crippen LogP contribution in [0.5, 0.6) is 0 Å². The minimum Gasteiger partial charge on any atom is -0.384 e. The van der Waals surface area contributed by atoms with Gasteiger partial charge in [0.25, 0.3) is 5.91 Å². The fourth-order valence-corrected chi connectivity index (χ4v) is 2.83. The number of nitrogens with zero attached hydrogens (tertiary/aromatic N) is 1. The second-order valence-corrected chi connectivity index (χ2v) is 5.53. The van der Waals surface area contributed by atoms with E-state index in [0.717, 1.165) is 25.1 Å². The largest absolute Gasteiger partial charge is 0.384 e. The molecule has 1 aromatic rings. The number of amides is 2. The lowest BCUT2D eigenvalue weighted by Gasteiger charge is -2.30. The molecule has 0 spiro atoms. The normalized spacial score (nSPS) is 21.4. The molecule has 0 aromatic heterocycles. The summed E-state index contributed by atoms with van der Waals surface area (Å²) in [6.07, 6.45) is 2.25. The van der Waals surface area contributed by atoms with Crippen LogP contribution in [0.25, 0.3) is 0 Å². The van der Waals surface area contributed by atoms with Crippen LogP contribution in [0, 0.1) is 0 Å². The number of benzene rings is 1. The highest BCUT2D eigenvalue weighted by molar-refractivity contribution is 5.95. The maximum atomic E-state index is 12.3. The van der Waals surface area contributed by atoms with Gasteiger partial charge in [-0.15, -0.1) is 0 Å². The summed E-state index contributed by atoms with van der Waals surface area (Å²) in [4.78, 5) is 25.4. The van der Waals surface area contributed by atoms with Crippen molar-refractivity contribution in [3.05, 3.63) is 29.3 Å². The lowest BCUT2D eigenvalue weighted by atomic mass is 10.0. The molecule has 1 saturated heterocycles. The van der Waals surface area contributed by atoms with E-state index < -0.39 is 0 Å². The molecule has 2 amide bonds. The number of hydrogen-bond acceptors (Lipinski definition) is 3. The van der Waals surface area contributed by atoms with Gasteiger partial charge in [0.2, 0.25) is 5.91 Å². The Labute approximate surface area is 118 Å². The van der Waals surface area contributed by atoms with Gasteiger partial charge in [-0.3, -0.25) is 9.59 Å². The van der Waals surface area contributed by atoms with Gasteiger partial charge in [-0.05, 0) is 30.5 Å². The lowest BCUT2D eigenvalue weighted by molar-refractivity contribution is -0.132. The third-order valence-corrected chi connectivity index (χ3v) is 4.04. The Morgan fingerprint density at radius 2 is 2.25 bits per heavy atom. The molecule has 1 fully saturated rings. The molecular weight excluding hydrogens is 254 g/mol. The topological polar surface area (TPSA) is 61.4 Å². The van der Waals surface area contributed by atoms with Crippen LogP contribution in [0.4, 0.5) is 5.69 Å². The first-order chi connectivity index (χ1) is 9.63. The standard InChI is InChI=1S/C15H19N3O2/c1-18-9-12(4-5-14(18)19)17-15(20)11-3-2-10-6-7-16-13(10)8-11/h2-3,8,12,16H,4-7,9H2,1H3,(H,17,20). The van der Waals surface area contributed by atoms with Crippen molar-refractivity contribution in [1.29, 1.82) is 0 Å². The van der Waals surface area contributed by atoms with Crippen LogP contribution in [-0.2, 0) is 11.2 Å². The number of hydrogen-bond donors (Lipinski definition) is 2. The van der Waals surface area contributed by atoms with E-state index in [4.69, 9.17) is 0 Å². The van der Waals surface area contributed by atoms with Gasteiger partial charge in [-0.2, -0.15) is 0 Å². The Bertz CT molecular complexity index is 556. The van der Waals surface area contributed by atoms with Gasteiger partial charge in [0.15, 0.2) is 0 Å². The summed E-state index contributed by atoms with van der Waals surface area (Å²) in [5.74, 6) is 0.0893. The molecule has 0 bridgehead atoms. The Balaban J connectivity index is 1.66. The summed E-state index contributed by atoms with van der Waals surface area (Å²) in [5, 5.41) is 6.30. The fraction of sp³-hybridized carbons (Fsp3) is 0.467. The molecule has 1 aromatic carbocycles. The maximum Gasteiger partial charge on any atom is 0.251 e. The monoisotopic (exact) mass is 273 g/mol. The van der Waals surface area contributed by atoms with Crippen LogP contribution in [0.1, 0.15) is 28.8 Å². The lowest BCUT2D eigenvalue weighted by Crippen LogP contribution is -2.48. The summed E-state index contributed by atoms with van der Waals surface area (Å²) < 4.78 is 0. The average molecular weight is 273 g/mol. The molecule has 20 heavy (non-hydrogen) atoms. The van der Waals surface area contributed by atoms with Gasteiger partial charge in [0.1, 0.15) is 0 Å². The van der Waals surface area contributed by atoms with Crippen molar-refractivity contribution >= 4 is 17.5 Å². The van der Waals surface area contributed by atoms with Gasteiger partial charge in [0.05, 0.1) is 0 Å². The van der Waals surface area contributed by atoms with Crippen LogP contribution in [0.3, 0.4) is 0 Å². The molecule has 2 heterocycles. The van der Waals surface area contributed by atoms with Gasteiger partial charge in [-0.25, -0.2) is 0 Å². The third kappa shape index (κ3) is 2.48. The summed E-state index contributed by atoms with van der Waals surface area (Å²) in [5.41, 5.74) is 3.01. The minimum atomic E-state index is -0.0609. The van der Waals surface area contributed by atoms with E-state index in [1.54, 1.807) is 11.9 Å². The van der Waals surface area contributed by atoms with Crippen LogP contribution in [0.15, 0.2) is 18.2 Å². The molecular formula is C15H19N3O2. The first-order valence-corrected chi connectivity index (χ1v) is 7.05. The van der Waals surface area contributed by atoms with Crippen LogP contribution >= 0.6 is 0 Å². The minimum absolute atomic E-state index is 0.0476. The third-order valence-electron chi connectivity index (χ3n) is 4.04. The smallest absolute Gasteiger partial charge is 0.251 e. The average Bonchev–Trinajstić information content (AvgIpc) is 2.90. The Kier molecular flexibility index (Phi) is 3.34.